The van der Waals surface area contributed by atoms with Gasteiger partial charge in [-0.05, 0) is 98.2 Å². The van der Waals surface area contributed by atoms with Crippen LogP contribution in [-0.4, -0.2) is 58.5 Å². The number of aliphatic hydroxyl groups excluding tert-OH is 2. The normalized spacial score (nSPS) is 28.3. The maximum absolute atomic E-state index is 13.3. The van der Waals surface area contributed by atoms with E-state index in [2.05, 4.69) is 35.6 Å². The topological polar surface area (TPSA) is 99.1 Å². The molecule has 9 heteroatoms. The third-order valence-corrected chi connectivity index (χ3v) is 12.2. The number of halogens is 1. The fourth-order valence-electron chi connectivity index (χ4n) is 7.42. The molecule has 2 bridgehead atoms. The lowest BCUT2D eigenvalue weighted by Gasteiger charge is -2.51. The van der Waals surface area contributed by atoms with E-state index in [1.165, 1.54) is 11.1 Å². The molecule has 250 valence electrons. The van der Waals surface area contributed by atoms with E-state index in [0.717, 1.165) is 68.0 Å². The predicted molar refractivity (Wildman–Crippen MR) is 185 cm³/mol. The number of carbonyl (C=O) groups is 1. The molecule has 3 N–H and O–H groups in total. The highest BCUT2D eigenvalue weighted by atomic mass is 35.5. The van der Waals surface area contributed by atoms with Crippen LogP contribution in [0.5, 0.6) is 5.75 Å². The number of ether oxygens (including phenoxy) is 1. The number of hydrogen-bond acceptors (Lipinski definition) is 6. The van der Waals surface area contributed by atoms with Gasteiger partial charge in [-0.25, -0.2) is 4.21 Å². The first kappa shape index (κ1) is 35.7. The van der Waals surface area contributed by atoms with Gasteiger partial charge in [-0.15, -0.1) is 0 Å². The molecule has 3 aliphatic rings. The number of aliphatic hydroxyl groups is 2. The number of aryl methyl sites for hydroxylation is 1. The van der Waals surface area contributed by atoms with Gasteiger partial charge in [0.05, 0.1) is 30.8 Å². The molecule has 0 radical (unpaired) electrons. The summed E-state index contributed by atoms with van der Waals surface area (Å²) in [4.78, 5) is 15.7. The molecule has 2 aliphatic heterocycles. The largest absolute Gasteiger partial charge is 0.491 e. The molecule has 1 amide bonds. The van der Waals surface area contributed by atoms with Gasteiger partial charge >= 0.3 is 0 Å². The van der Waals surface area contributed by atoms with Crippen LogP contribution in [0.15, 0.2) is 36.4 Å². The van der Waals surface area contributed by atoms with Crippen LogP contribution in [0.1, 0.15) is 101 Å². The van der Waals surface area contributed by atoms with Gasteiger partial charge < -0.3 is 19.8 Å². The Bertz CT molecular complexity index is 1320. The van der Waals surface area contributed by atoms with Crippen molar-refractivity contribution in [2.24, 2.45) is 23.2 Å². The molecular weight excluding hydrogens is 608 g/mol. The molecule has 1 saturated carbocycles. The van der Waals surface area contributed by atoms with E-state index in [1.807, 2.05) is 39.0 Å². The summed E-state index contributed by atoms with van der Waals surface area (Å²) in [6, 6.07) is 11.6. The van der Waals surface area contributed by atoms with Crippen molar-refractivity contribution in [2.45, 2.75) is 90.7 Å². The van der Waals surface area contributed by atoms with Crippen molar-refractivity contribution in [3.05, 3.63) is 58.1 Å². The minimum atomic E-state index is -1.55. The van der Waals surface area contributed by atoms with E-state index >= 15 is 0 Å². The minimum absolute atomic E-state index is 0.0474. The first-order valence-electron chi connectivity index (χ1n) is 16.9. The van der Waals surface area contributed by atoms with Gasteiger partial charge in [-0.3, -0.25) is 9.52 Å². The summed E-state index contributed by atoms with van der Waals surface area (Å²) in [6.07, 6.45) is 6.29. The minimum Gasteiger partial charge on any atom is -0.491 e. The third-order valence-electron chi connectivity index (χ3n) is 10.5. The van der Waals surface area contributed by atoms with E-state index < -0.39 is 16.4 Å². The fraction of sp³-hybridized carbons (Fsp3) is 0.639. The summed E-state index contributed by atoms with van der Waals surface area (Å²) in [5.74, 6) is 1.06. The van der Waals surface area contributed by atoms with E-state index in [1.54, 1.807) is 6.07 Å². The Kier molecular flexibility index (Phi) is 12.8. The lowest BCUT2D eigenvalue weighted by molar-refractivity contribution is -0.0664. The van der Waals surface area contributed by atoms with Gasteiger partial charge in [0.2, 0.25) is 0 Å². The molecule has 0 spiro atoms. The average molecular weight is 661 g/mol. The molecule has 7 nitrogen and oxygen atoms in total. The van der Waals surface area contributed by atoms with E-state index in [0.29, 0.717) is 24.6 Å². The maximum atomic E-state index is 13.3. The van der Waals surface area contributed by atoms with Crippen molar-refractivity contribution in [1.29, 1.82) is 0 Å². The zero-order valence-corrected chi connectivity index (χ0v) is 29.3. The van der Waals surface area contributed by atoms with Gasteiger partial charge in [0.1, 0.15) is 16.7 Å². The van der Waals surface area contributed by atoms with Gasteiger partial charge in [0, 0.05) is 35.0 Å². The summed E-state index contributed by atoms with van der Waals surface area (Å²) < 4.78 is 22.4. The number of fused-ring (bicyclic) bond motifs is 2. The van der Waals surface area contributed by atoms with E-state index in [9.17, 15) is 19.2 Å². The molecule has 2 aromatic carbocycles. The van der Waals surface area contributed by atoms with Crippen LogP contribution in [0.2, 0.25) is 5.02 Å². The Morgan fingerprint density at radius 3 is 2.49 bits per heavy atom. The van der Waals surface area contributed by atoms with Crippen molar-refractivity contribution in [3.63, 3.8) is 0 Å². The molecule has 5 rings (SSSR count). The van der Waals surface area contributed by atoms with Crippen molar-refractivity contribution in [3.8, 4) is 5.75 Å². The highest BCUT2D eigenvalue weighted by Crippen LogP contribution is 2.50. The number of nitrogens with zero attached hydrogens (tertiary/aromatic N) is 1. The van der Waals surface area contributed by atoms with E-state index in [4.69, 9.17) is 16.3 Å². The standard InChI is InChI=1S/C34H47ClN2O5S.C2H6/c1-4-6-24-15-28(35)10-11-29(24)27-18-37-17-26-8-12-30(26)34(20-38,21-39)14-5-7-22(2)23(3)43(41)36-33(40)25-9-13-32(42-19-27)31(37)16-25;1-2/h9-11,13,15-16,22-23,26-27,30,38-39H,4-8,12,14,17-21H2,1-3H3,(H,36,40);1-2H3. The molecule has 6 atom stereocenters. The average Bonchev–Trinajstić information content (AvgIpc) is 3.21. The Morgan fingerprint density at radius 2 is 1.82 bits per heavy atom. The third kappa shape index (κ3) is 7.89. The van der Waals surface area contributed by atoms with Crippen LogP contribution < -0.4 is 14.4 Å². The highest BCUT2D eigenvalue weighted by Gasteiger charge is 2.47. The van der Waals surface area contributed by atoms with Crippen LogP contribution in [-0.2, 0) is 17.4 Å². The summed E-state index contributed by atoms with van der Waals surface area (Å²) >= 11 is 6.41. The van der Waals surface area contributed by atoms with Crippen LogP contribution >= 0.6 is 11.6 Å². The molecule has 1 fully saturated rings. The van der Waals surface area contributed by atoms with Crippen LogP contribution in [0.3, 0.4) is 0 Å². The number of benzene rings is 2. The lowest BCUT2D eigenvalue weighted by Crippen LogP contribution is -2.50. The SMILES string of the molecule is CC.CCCc1cc(Cl)ccc1C1COc2ccc3cc2N(C1)CC1CCC1C(CO)(CO)CCCC(C)C(C)S(=O)NC3=O. The molecule has 2 aromatic rings. The van der Waals surface area contributed by atoms with Crippen molar-refractivity contribution >= 4 is 34.2 Å². The monoisotopic (exact) mass is 660 g/mol. The molecular formula is C36H53ClN2O5S. The van der Waals surface area contributed by atoms with Gasteiger partial charge in [0.25, 0.3) is 5.91 Å². The first-order valence-corrected chi connectivity index (χ1v) is 18.5. The smallest absolute Gasteiger partial charge is 0.263 e. The lowest BCUT2D eigenvalue weighted by atomic mass is 9.57. The first-order chi connectivity index (χ1) is 21.7. The Labute approximate surface area is 277 Å². The van der Waals surface area contributed by atoms with Crippen molar-refractivity contribution in [1.82, 2.24) is 4.72 Å². The van der Waals surface area contributed by atoms with E-state index in [-0.39, 0.29) is 42.1 Å². The quantitative estimate of drug-likeness (QED) is 0.323. The van der Waals surface area contributed by atoms with Crippen LogP contribution in [0.25, 0.3) is 0 Å². The molecule has 2 heterocycles. The van der Waals surface area contributed by atoms with Crippen molar-refractivity contribution < 1.29 is 24.0 Å². The molecule has 0 aromatic heterocycles. The number of hydrogen-bond donors (Lipinski definition) is 3. The molecule has 1 aliphatic carbocycles. The highest BCUT2D eigenvalue weighted by molar-refractivity contribution is 7.84. The number of rotatable bonds is 5. The zero-order valence-electron chi connectivity index (χ0n) is 27.7. The summed E-state index contributed by atoms with van der Waals surface area (Å²) in [6.45, 7) is 12.0. The summed E-state index contributed by atoms with van der Waals surface area (Å²) in [5.41, 5.74) is 3.22. The number of carbonyl (C=O) groups excluding carboxylic acids is 1. The Balaban J connectivity index is 0.00000226. The number of amides is 1. The van der Waals surface area contributed by atoms with Gasteiger partial charge in [-0.1, -0.05) is 58.2 Å². The van der Waals surface area contributed by atoms with Crippen LogP contribution in [0, 0.1) is 23.2 Å². The Hall–Kier alpha value is -2.13. The zero-order chi connectivity index (χ0) is 32.7. The molecule has 45 heavy (non-hydrogen) atoms. The number of nitrogens with one attached hydrogen (secondary N) is 1. The molecule has 0 saturated heterocycles. The maximum Gasteiger partial charge on any atom is 0.263 e. The summed E-state index contributed by atoms with van der Waals surface area (Å²) in [7, 11) is -1.55. The molecule has 6 unspecified atom stereocenters. The van der Waals surface area contributed by atoms with Gasteiger partial charge in [-0.2, -0.15) is 0 Å². The summed E-state index contributed by atoms with van der Waals surface area (Å²) in [5, 5.41) is 21.8. The second-order valence-corrected chi connectivity index (χ2v) is 15.1. The fourth-order valence-corrected chi connectivity index (χ4v) is 8.66. The predicted octanol–water partition coefficient (Wildman–Crippen LogP) is 6.90. The van der Waals surface area contributed by atoms with Crippen molar-refractivity contribution in [2.75, 3.05) is 37.8 Å². The Morgan fingerprint density at radius 1 is 1.07 bits per heavy atom. The number of anilines is 1. The second-order valence-electron chi connectivity index (χ2n) is 13.1. The van der Waals surface area contributed by atoms with Gasteiger partial charge in [0.15, 0.2) is 0 Å². The second kappa shape index (κ2) is 16.1. The van der Waals surface area contributed by atoms with Crippen LogP contribution in [0.4, 0.5) is 5.69 Å².